The zero-order chi connectivity index (χ0) is 23.3. The Bertz CT molecular complexity index is 1210. The summed E-state index contributed by atoms with van der Waals surface area (Å²) in [7, 11) is 0. The van der Waals surface area contributed by atoms with Crippen molar-refractivity contribution < 1.29 is 9.18 Å². The number of rotatable bonds is 6. The molecule has 0 aliphatic carbocycles. The molecule has 1 aromatic carbocycles. The lowest BCUT2D eigenvalue weighted by Gasteiger charge is -2.35. The lowest BCUT2D eigenvalue weighted by molar-refractivity contribution is 0.0985. The molecule has 0 spiro atoms. The predicted molar refractivity (Wildman–Crippen MR) is 132 cm³/mol. The van der Waals surface area contributed by atoms with E-state index in [0.717, 1.165) is 43.5 Å². The first-order chi connectivity index (χ1) is 16.7. The van der Waals surface area contributed by atoms with Gasteiger partial charge in [-0.1, -0.05) is 6.07 Å². The number of aromatic nitrogens is 3. The van der Waals surface area contributed by atoms with Gasteiger partial charge in [-0.15, -0.1) is 0 Å². The fraction of sp³-hybridized carbons (Fsp3) is 0.200. The molecule has 0 atom stereocenters. The van der Waals surface area contributed by atoms with E-state index in [1.54, 1.807) is 41.7 Å². The van der Waals surface area contributed by atoms with E-state index >= 15 is 0 Å². The summed E-state index contributed by atoms with van der Waals surface area (Å²) in [4.78, 5) is 32.5. The topological polar surface area (TPSA) is 65.5 Å². The molecule has 4 aromatic rings. The van der Waals surface area contributed by atoms with Crippen LogP contribution in [0.3, 0.4) is 0 Å². The summed E-state index contributed by atoms with van der Waals surface area (Å²) in [6.45, 7) is 3.63. The Balaban J connectivity index is 1.28. The first-order valence-corrected chi connectivity index (χ1v) is 11.9. The van der Waals surface area contributed by atoms with Crippen LogP contribution in [0.15, 0.2) is 77.9 Å². The third-order valence-electron chi connectivity index (χ3n) is 5.74. The number of thiophene rings is 1. The average Bonchev–Trinajstić information content (AvgIpc) is 3.44. The van der Waals surface area contributed by atoms with Crippen molar-refractivity contribution in [1.29, 1.82) is 0 Å². The van der Waals surface area contributed by atoms with Gasteiger partial charge in [0.25, 0.3) is 5.91 Å². The summed E-state index contributed by atoms with van der Waals surface area (Å²) in [5.41, 5.74) is 2.15. The highest BCUT2D eigenvalue weighted by Gasteiger charge is 2.21. The number of carbonyl (C=O) groups is 1. The third kappa shape index (κ3) is 4.89. The number of amides is 1. The zero-order valence-electron chi connectivity index (χ0n) is 18.4. The Labute approximate surface area is 201 Å². The molecule has 4 heterocycles. The SMILES string of the molecule is O=C(c1ccsc1)N(Cc1ccc(N2CCN(c3ncccn3)CC2)nc1)c1ccc(F)cc1. The predicted octanol–water partition coefficient (Wildman–Crippen LogP) is 4.25. The number of carbonyl (C=O) groups excluding carboxylic acids is 1. The minimum absolute atomic E-state index is 0.129. The maximum absolute atomic E-state index is 13.5. The number of benzene rings is 1. The highest BCUT2D eigenvalue weighted by atomic mass is 32.1. The van der Waals surface area contributed by atoms with Gasteiger partial charge in [0.2, 0.25) is 5.95 Å². The van der Waals surface area contributed by atoms with E-state index in [0.29, 0.717) is 17.8 Å². The number of piperazine rings is 1. The van der Waals surface area contributed by atoms with Crippen molar-refractivity contribution in [3.8, 4) is 0 Å². The molecule has 7 nitrogen and oxygen atoms in total. The van der Waals surface area contributed by atoms with Crippen LogP contribution in [0.4, 0.5) is 21.8 Å². The van der Waals surface area contributed by atoms with Crippen LogP contribution in [-0.4, -0.2) is 47.0 Å². The highest BCUT2D eigenvalue weighted by molar-refractivity contribution is 7.08. The number of halogens is 1. The van der Waals surface area contributed by atoms with Crippen LogP contribution in [0.2, 0.25) is 0 Å². The molecule has 172 valence electrons. The third-order valence-corrected chi connectivity index (χ3v) is 6.42. The Kier molecular flexibility index (Phi) is 6.44. The van der Waals surface area contributed by atoms with Gasteiger partial charge in [0.05, 0.1) is 12.1 Å². The monoisotopic (exact) mass is 474 g/mol. The molecule has 0 N–H and O–H groups in total. The maximum Gasteiger partial charge on any atom is 0.259 e. The van der Waals surface area contributed by atoms with Crippen molar-refractivity contribution in [2.45, 2.75) is 6.54 Å². The van der Waals surface area contributed by atoms with E-state index < -0.39 is 0 Å². The molecule has 1 amide bonds. The Morgan fingerprint density at radius 3 is 2.32 bits per heavy atom. The number of pyridine rings is 1. The Morgan fingerprint density at radius 2 is 1.68 bits per heavy atom. The standard InChI is InChI=1S/C25H23FN6OS/c26-21-3-5-22(6-4-21)32(24(33)20-8-15-34-18-20)17-19-2-7-23(29-16-19)30-11-13-31(14-12-30)25-27-9-1-10-28-25/h1-10,15-16,18H,11-14,17H2. The van der Waals surface area contributed by atoms with Crippen LogP contribution < -0.4 is 14.7 Å². The normalized spacial score (nSPS) is 13.7. The lowest BCUT2D eigenvalue weighted by Crippen LogP contribution is -2.47. The quantitative estimate of drug-likeness (QED) is 0.416. The van der Waals surface area contributed by atoms with Gasteiger partial charge < -0.3 is 14.7 Å². The van der Waals surface area contributed by atoms with Crippen molar-refractivity contribution in [3.63, 3.8) is 0 Å². The van der Waals surface area contributed by atoms with Crippen molar-refractivity contribution >= 4 is 34.7 Å². The van der Waals surface area contributed by atoms with Crippen LogP contribution in [0.1, 0.15) is 15.9 Å². The van der Waals surface area contributed by atoms with Gasteiger partial charge >= 0.3 is 0 Å². The molecule has 9 heteroatoms. The molecule has 1 aliphatic heterocycles. The van der Waals surface area contributed by atoms with E-state index in [1.807, 2.05) is 29.0 Å². The van der Waals surface area contributed by atoms with E-state index in [-0.39, 0.29) is 11.7 Å². The van der Waals surface area contributed by atoms with Gasteiger partial charge in [0, 0.05) is 55.8 Å². The Morgan fingerprint density at radius 1 is 0.941 bits per heavy atom. The number of nitrogens with zero attached hydrogens (tertiary/aromatic N) is 6. The smallest absolute Gasteiger partial charge is 0.259 e. The van der Waals surface area contributed by atoms with Gasteiger partial charge in [0.1, 0.15) is 11.6 Å². The van der Waals surface area contributed by atoms with Crippen LogP contribution in [0.5, 0.6) is 0 Å². The zero-order valence-corrected chi connectivity index (χ0v) is 19.2. The average molecular weight is 475 g/mol. The van der Waals surface area contributed by atoms with Crippen LogP contribution in [0.25, 0.3) is 0 Å². The number of anilines is 3. The molecule has 34 heavy (non-hydrogen) atoms. The second-order valence-corrected chi connectivity index (χ2v) is 8.71. The molecule has 5 rings (SSSR count). The molecular weight excluding hydrogens is 451 g/mol. The lowest BCUT2D eigenvalue weighted by atomic mass is 10.2. The molecule has 1 fully saturated rings. The van der Waals surface area contributed by atoms with Gasteiger partial charge in [-0.25, -0.2) is 19.3 Å². The highest BCUT2D eigenvalue weighted by Crippen LogP contribution is 2.23. The summed E-state index contributed by atoms with van der Waals surface area (Å²) >= 11 is 1.47. The minimum atomic E-state index is -0.336. The van der Waals surface area contributed by atoms with Crippen molar-refractivity contribution in [3.05, 3.63) is 94.8 Å². The molecule has 0 saturated carbocycles. The first-order valence-electron chi connectivity index (χ1n) is 11.0. The second kappa shape index (κ2) is 9.96. The summed E-state index contributed by atoms with van der Waals surface area (Å²) < 4.78 is 13.5. The van der Waals surface area contributed by atoms with Gasteiger partial charge in [0.15, 0.2) is 0 Å². The van der Waals surface area contributed by atoms with Crippen molar-refractivity contribution in [2.75, 3.05) is 40.9 Å². The van der Waals surface area contributed by atoms with Gasteiger partial charge in [-0.05, 0) is 53.4 Å². The molecule has 0 bridgehead atoms. The number of hydrogen-bond acceptors (Lipinski definition) is 7. The summed E-state index contributed by atoms with van der Waals surface area (Å²) in [6, 6.07) is 13.6. The second-order valence-electron chi connectivity index (χ2n) is 7.93. The molecule has 1 aliphatic rings. The summed E-state index contributed by atoms with van der Waals surface area (Å²) in [5.74, 6) is 1.18. The maximum atomic E-state index is 13.5. The van der Waals surface area contributed by atoms with E-state index in [4.69, 9.17) is 0 Å². The Hall–Kier alpha value is -3.85. The summed E-state index contributed by atoms with van der Waals surface area (Å²) in [5, 5.41) is 3.69. The van der Waals surface area contributed by atoms with Crippen LogP contribution in [-0.2, 0) is 6.54 Å². The van der Waals surface area contributed by atoms with Crippen LogP contribution >= 0.6 is 11.3 Å². The number of hydrogen-bond donors (Lipinski definition) is 0. The van der Waals surface area contributed by atoms with Crippen molar-refractivity contribution in [2.24, 2.45) is 0 Å². The minimum Gasteiger partial charge on any atom is -0.353 e. The van der Waals surface area contributed by atoms with E-state index in [9.17, 15) is 9.18 Å². The molecule has 3 aromatic heterocycles. The fourth-order valence-corrected chi connectivity index (χ4v) is 4.54. The molecule has 0 unspecified atom stereocenters. The fourth-order valence-electron chi connectivity index (χ4n) is 3.91. The molecular formula is C25H23FN6OS. The molecule has 1 saturated heterocycles. The van der Waals surface area contributed by atoms with E-state index in [1.165, 1.54) is 23.5 Å². The van der Waals surface area contributed by atoms with Gasteiger partial charge in [-0.2, -0.15) is 11.3 Å². The first kappa shape index (κ1) is 22.0. The van der Waals surface area contributed by atoms with Crippen molar-refractivity contribution in [1.82, 2.24) is 15.0 Å². The largest absolute Gasteiger partial charge is 0.353 e. The summed E-state index contributed by atoms with van der Waals surface area (Å²) in [6.07, 6.45) is 5.32. The van der Waals surface area contributed by atoms with Crippen LogP contribution in [0, 0.1) is 5.82 Å². The molecule has 0 radical (unpaired) electrons. The van der Waals surface area contributed by atoms with Gasteiger partial charge in [-0.3, -0.25) is 4.79 Å². The van der Waals surface area contributed by atoms with E-state index in [2.05, 4.69) is 24.8 Å².